The van der Waals surface area contributed by atoms with E-state index in [-0.39, 0.29) is 26.6 Å². The molecule has 5 aromatic rings. The normalized spacial score (nSPS) is 11.7. The Morgan fingerprint density at radius 3 is 2.44 bits per heavy atom. The van der Waals surface area contributed by atoms with Crippen LogP contribution in [0, 0.1) is 6.92 Å². The summed E-state index contributed by atoms with van der Waals surface area (Å²) >= 11 is 0. The molecule has 5 rings (SSSR count). The highest BCUT2D eigenvalue weighted by Crippen LogP contribution is 2.26. The van der Waals surface area contributed by atoms with Gasteiger partial charge in [-0.05, 0) is 48.9 Å². The molecule has 8 nitrogen and oxygen atoms in total. The van der Waals surface area contributed by atoms with Crippen molar-refractivity contribution in [3.05, 3.63) is 100 Å². The maximum absolute atomic E-state index is 13.6. The van der Waals surface area contributed by atoms with Crippen LogP contribution >= 0.6 is 0 Å². The summed E-state index contributed by atoms with van der Waals surface area (Å²) in [5.41, 5.74) is 8.82. The number of nitrogens with two attached hydrogens (primary N) is 1. The largest absolute Gasteiger partial charge is 0.497 e. The van der Waals surface area contributed by atoms with Crippen molar-refractivity contribution >= 4 is 32.3 Å². The fourth-order valence-corrected chi connectivity index (χ4v) is 5.71. The zero-order chi connectivity index (χ0) is 25.4. The van der Waals surface area contributed by atoms with Crippen molar-refractivity contribution in [1.82, 2.24) is 9.38 Å². The number of benzene rings is 2. The van der Waals surface area contributed by atoms with Crippen molar-refractivity contribution in [2.45, 2.75) is 29.7 Å². The van der Waals surface area contributed by atoms with Gasteiger partial charge in [0.1, 0.15) is 16.0 Å². The molecule has 0 aliphatic carbocycles. The summed E-state index contributed by atoms with van der Waals surface area (Å²) in [6.45, 7) is 2.19. The van der Waals surface area contributed by atoms with E-state index in [2.05, 4.69) is 0 Å². The van der Waals surface area contributed by atoms with Crippen LogP contribution in [0.3, 0.4) is 0 Å². The van der Waals surface area contributed by atoms with E-state index in [4.69, 9.17) is 15.5 Å². The van der Waals surface area contributed by atoms with Crippen LogP contribution in [0.1, 0.15) is 11.1 Å². The molecule has 0 bridgehead atoms. The highest BCUT2D eigenvalue weighted by molar-refractivity contribution is 7.91. The summed E-state index contributed by atoms with van der Waals surface area (Å²) < 4.78 is 35.5. The molecule has 0 saturated heterocycles. The molecule has 0 unspecified atom stereocenters. The predicted octanol–water partition coefficient (Wildman–Crippen LogP) is 3.11. The van der Waals surface area contributed by atoms with Gasteiger partial charge < -0.3 is 10.5 Å². The van der Waals surface area contributed by atoms with Crippen LogP contribution in [0.2, 0.25) is 0 Å². The van der Waals surface area contributed by atoms with E-state index in [0.29, 0.717) is 24.3 Å². The predicted molar refractivity (Wildman–Crippen MR) is 137 cm³/mol. The maximum atomic E-state index is 13.6. The van der Waals surface area contributed by atoms with E-state index >= 15 is 0 Å². The average Bonchev–Trinajstić information content (AvgIpc) is 2.89. The Kier molecular flexibility index (Phi) is 5.93. The Morgan fingerprint density at radius 1 is 1.03 bits per heavy atom. The van der Waals surface area contributed by atoms with Crippen molar-refractivity contribution in [2.75, 3.05) is 12.8 Å². The van der Waals surface area contributed by atoms with Gasteiger partial charge in [0, 0.05) is 18.2 Å². The smallest absolute Gasteiger partial charge is 0.278 e. The number of hydrogen-bond acceptors (Lipinski definition) is 6. The summed E-state index contributed by atoms with van der Waals surface area (Å²) in [6, 6.07) is 20.6. The molecule has 0 aliphatic rings. The molecular formula is C27H25N4O4S+. The third-order valence-electron chi connectivity index (χ3n) is 6.26. The van der Waals surface area contributed by atoms with E-state index < -0.39 is 9.84 Å². The third kappa shape index (κ3) is 3.97. The molecule has 0 aliphatic heterocycles. The number of nitrogen functional groups attached to an aromatic ring is 1. The number of ether oxygens (including phenoxy) is 1. The maximum Gasteiger partial charge on any atom is 0.278 e. The van der Waals surface area contributed by atoms with E-state index in [1.165, 1.54) is 22.6 Å². The van der Waals surface area contributed by atoms with Crippen molar-refractivity contribution in [3.8, 4) is 5.75 Å². The van der Waals surface area contributed by atoms with Crippen LogP contribution in [0.5, 0.6) is 5.75 Å². The molecule has 182 valence electrons. The first kappa shape index (κ1) is 23.5. The van der Waals surface area contributed by atoms with E-state index in [0.717, 1.165) is 16.9 Å². The van der Waals surface area contributed by atoms with Gasteiger partial charge in [0.15, 0.2) is 0 Å². The zero-order valence-electron chi connectivity index (χ0n) is 19.9. The molecule has 0 atom stereocenters. The standard InChI is InChI=1S/C27H24N4O4S/c1-18-7-6-15-31-25(18)29-26-22(27(31)32)17-23(36(33,34)21-8-4-3-5-9-21)24(28)30(26)16-14-19-10-12-20(35-2)13-11-19/h3-13,15,17,28H,14,16H2,1-2H3/p+1. The lowest BCUT2D eigenvalue weighted by atomic mass is 10.1. The quantitative estimate of drug-likeness (QED) is 0.283. The van der Waals surface area contributed by atoms with Gasteiger partial charge >= 0.3 is 0 Å². The second-order valence-electron chi connectivity index (χ2n) is 8.50. The highest BCUT2D eigenvalue weighted by atomic mass is 32.2. The van der Waals surface area contributed by atoms with Gasteiger partial charge in [0.05, 0.1) is 18.6 Å². The number of hydrogen-bond donors (Lipinski definition) is 1. The average molecular weight is 502 g/mol. The van der Waals surface area contributed by atoms with Gasteiger partial charge in [-0.2, -0.15) is 0 Å². The first-order valence-electron chi connectivity index (χ1n) is 11.4. The fourth-order valence-electron chi connectivity index (χ4n) is 4.29. The molecular weight excluding hydrogens is 476 g/mol. The topological polar surface area (TPSA) is 108 Å². The minimum Gasteiger partial charge on any atom is -0.497 e. The number of anilines is 1. The van der Waals surface area contributed by atoms with Crippen molar-refractivity contribution in [3.63, 3.8) is 0 Å². The highest BCUT2D eigenvalue weighted by Gasteiger charge is 2.29. The molecule has 0 radical (unpaired) electrons. The van der Waals surface area contributed by atoms with Crippen LogP contribution < -0.4 is 20.6 Å². The van der Waals surface area contributed by atoms with Crippen LogP contribution in [-0.4, -0.2) is 24.9 Å². The molecule has 0 saturated carbocycles. The zero-order valence-corrected chi connectivity index (χ0v) is 20.7. The SMILES string of the molecule is COc1ccc(CC[n+]2c(N)c(S(=O)(=O)c3ccccc3)cc3c(=O)n4cccc(C)c4nc32)cc1. The fraction of sp³-hybridized carbons (Fsp3) is 0.148. The molecule has 0 fully saturated rings. The van der Waals surface area contributed by atoms with Gasteiger partial charge in [-0.25, -0.2) is 13.0 Å². The second kappa shape index (κ2) is 9.09. The van der Waals surface area contributed by atoms with Crippen LogP contribution in [0.4, 0.5) is 5.82 Å². The van der Waals surface area contributed by atoms with Crippen molar-refractivity contribution < 1.29 is 17.7 Å². The lowest BCUT2D eigenvalue weighted by molar-refractivity contribution is -0.659. The van der Waals surface area contributed by atoms with Gasteiger partial charge in [-0.15, -0.1) is 0 Å². The first-order valence-corrected chi connectivity index (χ1v) is 12.9. The number of sulfone groups is 1. The summed E-state index contributed by atoms with van der Waals surface area (Å²) in [5.74, 6) is 0.772. The Morgan fingerprint density at radius 2 is 1.75 bits per heavy atom. The summed E-state index contributed by atoms with van der Waals surface area (Å²) in [6.07, 6.45) is 2.16. The van der Waals surface area contributed by atoms with Crippen LogP contribution in [0.15, 0.2) is 93.6 Å². The summed E-state index contributed by atoms with van der Waals surface area (Å²) in [7, 11) is -2.39. The third-order valence-corrected chi connectivity index (χ3v) is 8.06. The lowest BCUT2D eigenvalue weighted by Gasteiger charge is -2.13. The molecule has 2 N–H and O–H groups in total. The molecule has 0 amide bonds. The van der Waals surface area contributed by atoms with Gasteiger partial charge in [0.2, 0.25) is 21.3 Å². The van der Waals surface area contributed by atoms with Gasteiger partial charge in [0.25, 0.3) is 11.2 Å². The number of nitrogens with zero attached hydrogens (tertiary/aromatic N) is 3. The molecule has 9 heteroatoms. The monoisotopic (exact) mass is 501 g/mol. The first-order chi connectivity index (χ1) is 17.3. The van der Waals surface area contributed by atoms with Crippen molar-refractivity contribution in [2.24, 2.45) is 0 Å². The minimum atomic E-state index is -3.99. The van der Waals surface area contributed by atoms with Crippen LogP contribution in [-0.2, 0) is 22.8 Å². The summed E-state index contributed by atoms with van der Waals surface area (Å²) in [5, 5.41) is 0.177. The van der Waals surface area contributed by atoms with Gasteiger partial charge in [-0.1, -0.05) is 41.4 Å². The number of methoxy groups -OCH3 is 1. The van der Waals surface area contributed by atoms with E-state index in [1.807, 2.05) is 37.3 Å². The van der Waals surface area contributed by atoms with Crippen molar-refractivity contribution in [1.29, 1.82) is 0 Å². The Labute approximate surface area is 208 Å². The minimum absolute atomic E-state index is 0.0321. The summed E-state index contributed by atoms with van der Waals surface area (Å²) in [4.78, 5) is 18.3. The molecule has 0 spiro atoms. The lowest BCUT2D eigenvalue weighted by Crippen LogP contribution is -2.42. The molecule has 2 aromatic carbocycles. The van der Waals surface area contributed by atoms with E-state index in [9.17, 15) is 13.2 Å². The Hall–Kier alpha value is -4.24. The number of aryl methyl sites for hydroxylation is 3. The Bertz CT molecular complexity index is 1760. The van der Waals surface area contributed by atoms with E-state index in [1.54, 1.807) is 42.1 Å². The Balaban J connectivity index is 1.76. The molecule has 3 aromatic heterocycles. The van der Waals surface area contributed by atoms with Crippen LogP contribution in [0.25, 0.3) is 16.7 Å². The number of fused-ring (bicyclic) bond motifs is 2. The van der Waals surface area contributed by atoms with Gasteiger partial charge in [-0.3, -0.25) is 9.20 Å². The molecule has 36 heavy (non-hydrogen) atoms. The molecule has 3 heterocycles. The second-order valence-corrected chi connectivity index (χ2v) is 10.4. The number of pyridine rings is 2. The number of aromatic nitrogens is 3. The number of rotatable bonds is 6.